The number of carbonyl (C=O) groups is 1. The second kappa shape index (κ2) is 9.79. The van der Waals surface area contributed by atoms with E-state index in [1.807, 2.05) is 58.3 Å². The van der Waals surface area contributed by atoms with E-state index in [2.05, 4.69) is 40.8 Å². The molecule has 0 aliphatic carbocycles. The fourth-order valence-corrected chi connectivity index (χ4v) is 2.48. The van der Waals surface area contributed by atoms with Gasteiger partial charge in [0.25, 0.3) is 5.91 Å². The van der Waals surface area contributed by atoms with Crippen LogP contribution >= 0.6 is 0 Å². The number of aromatic nitrogens is 4. The van der Waals surface area contributed by atoms with Crippen LogP contribution in [0.2, 0.25) is 0 Å². The maximum Gasteiger partial charge on any atom is 0.302 e. The number of nitrogens with one attached hydrogen (secondary N) is 3. The maximum absolute atomic E-state index is 12.1. The summed E-state index contributed by atoms with van der Waals surface area (Å²) in [6.45, 7) is 5.23. The molecule has 0 fully saturated rings. The molecule has 10 heteroatoms. The topological polar surface area (TPSA) is 121 Å². The summed E-state index contributed by atoms with van der Waals surface area (Å²) < 4.78 is 5.49. The lowest BCUT2D eigenvalue weighted by Crippen LogP contribution is -2.29. The quantitative estimate of drug-likeness (QED) is 0.488. The number of hydrogen-bond donors (Lipinski definition) is 3. The molecule has 0 spiro atoms. The summed E-state index contributed by atoms with van der Waals surface area (Å²) in [4.78, 5) is 31.6. The van der Waals surface area contributed by atoms with Gasteiger partial charge in [0, 0.05) is 24.7 Å². The van der Waals surface area contributed by atoms with Crippen molar-refractivity contribution in [2.45, 2.75) is 19.9 Å². The van der Waals surface area contributed by atoms with Gasteiger partial charge in [-0.05, 0) is 27.9 Å². The molecule has 0 saturated carbocycles. The summed E-state index contributed by atoms with van der Waals surface area (Å²) in [5.74, 6) is 0.960. The minimum atomic E-state index is -0.336. The Bertz CT molecular complexity index is 972. The van der Waals surface area contributed by atoms with Gasteiger partial charge in [-0.3, -0.25) is 10.1 Å². The highest BCUT2D eigenvalue weighted by molar-refractivity contribution is 5.91. The molecule has 158 valence electrons. The van der Waals surface area contributed by atoms with Gasteiger partial charge in [-0.15, -0.1) is 0 Å². The smallest absolute Gasteiger partial charge is 0.302 e. The molecule has 1 aromatic carbocycles. The molecule has 1 amide bonds. The Morgan fingerprint density at radius 2 is 1.83 bits per heavy atom. The van der Waals surface area contributed by atoms with Gasteiger partial charge < -0.3 is 20.0 Å². The number of amides is 1. The molecule has 2 aromatic heterocycles. The van der Waals surface area contributed by atoms with E-state index in [0.29, 0.717) is 18.3 Å². The Morgan fingerprint density at radius 1 is 1.10 bits per heavy atom. The summed E-state index contributed by atoms with van der Waals surface area (Å²) in [7, 11) is 3.99. The molecule has 0 aliphatic heterocycles. The third kappa shape index (κ3) is 5.98. The molecule has 0 unspecified atom stereocenters. The molecular weight excluding hydrogens is 384 g/mol. The highest BCUT2D eigenvalue weighted by Gasteiger charge is 2.15. The van der Waals surface area contributed by atoms with Crippen LogP contribution in [0.4, 0.5) is 17.9 Å². The highest BCUT2D eigenvalue weighted by Crippen LogP contribution is 2.20. The van der Waals surface area contributed by atoms with Crippen LogP contribution in [0, 0.1) is 0 Å². The second-order valence-electron chi connectivity index (χ2n) is 7.19. The lowest BCUT2D eigenvalue weighted by molar-refractivity contribution is 0.0916. The van der Waals surface area contributed by atoms with Crippen molar-refractivity contribution in [3.63, 3.8) is 0 Å². The molecule has 2 heterocycles. The fourth-order valence-electron chi connectivity index (χ4n) is 2.48. The summed E-state index contributed by atoms with van der Waals surface area (Å²) in [6, 6.07) is 9.71. The van der Waals surface area contributed by atoms with Crippen molar-refractivity contribution in [3.8, 4) is 11.4 Å². The van der Waals surface area contributed by atoms with Crippen molar-refractivity contribution >= 4 is 23.8 Å². The molecule has 3 rings (SSSR count). The van der Waals surface area contributed by atoms with Crippen LogP contribution in [-0.2, 0) is 0 Å². The van der Waals surface area contributed by atoms with Crippen LogP contribution in [0.25, 0.3) is 11.4 Å². The number of rotatable bonds is 9. The average molecular weight is 410 g/mol. The van der Waals surface area contributed by atoms with Gasteiger partial charge in [-0.1, -0.05) is 30.3 Å². The van der Waals surface area contributed by atoms with E-state index in [0.717, 1.165) is 12.1 Å². The monoisotopic (exact) mass is 410 g/mol. The van der Waals surface area contributed by atoms with Crippen molar-refractivity contribution in [2.24, 2.45) is 0 Å². The fraction of sp³-hybridized carbons (Fsp3) is 0.350. The Morgan fingerprint density at radius 3 is 2.53 bits per heavy atom. The van der Waals surface area contributed by atoms with E-state index >= 15 is 0 Å². The predicted molar refractivity (Wildman–Crippen MR) is 115 cm³/mol. The van der Waals surface area contributed by atoms with Gasteiger partial charge in [-0.2, -0.15) is 15.0 Å². The van der Waals surface area contributed by atoms with Gasteiger partial charge in [0.05, 0.1) is 6.20 Å². The van der Waals surface area contributed by atoms with E-state index in [9.17, 15) is 4.79 Å². The van der Waals surface area contributed by atoms with Gasteiger partial charge in [0.1, 0.15) is 0 Å². The molecule has 3 N–H and O–H groups in total. The van der Waals surface area contributed by atoms with E-state index in [1.54, 1.807) is 0 Å². The molecule has 3 aromatic rings. The Hall–Kier alpha value is -3.53. The Labute approximate surface area is 175 Å². The molecular formula is C20H26N8O2. The molecule has 0 atom stereocenters. The van der Waals surface area contributed by atoms with Crippen molar-refractivity contribution in [2.75, 3.05) is 37.8 Å². The average Bonchev–Trinajstić information content (AvgIpc) is 3.16. The Balaban J connectivity index is 1.82. The van der Waals surface area contributed by atoms with Crippen LogP contribution in [0.3, 0.4) is 0 Å². The number of benzene rings is 1. The molecule has 0 aliphatic rings. The predicted octanol–water partition coefficient (Wildman–Crippen LogP) is 2.38. The van der Waals surface area contributed by atoms with Crippen LogP contribution < -0.4 is 16.0 Å². The van der Waals surface area contributed by atoms with Crippen LogP contribution in [0.15, 0.2) is 40.9 Å². The third-order valence-electron chi connectivity index (χ3n) is 3.88. The zero-order chi connectivity index (χ0) is 21.5. The first-order chi connectivity index (χ1) is 14.4. The normalized spacial score (nSPS) is 11.0. The van der Waals surface area contributed by atoms with E-state index in [-0.39, 0.29) is 29.7 Å². The van der Waals surface area contributed by atoms with Gasteiger partial charge in [0.2, 0.25) is 17.7 Å². The molecule has 0 saturated heterocycles. The number of likely N-dealkylation sites (N-methyl/N-ethyl adjacent to an activating group) is 1. The first kappa shape index (κ1) is 21.2. The maximum atomic E-state index is 12.1. The van der Waals surface area contributed by atoms with Crippen molar-refractivity contribution in [3.05, 3.63) is 42.3 Å². The highest BCUT2D eigenvalue weighted by atomic mass is 16.4. The van der Waals surface area contributed by atoms with Crippen LogP contribution in [0.1, 0.15) is 24.4 Å². The van der Waals surface area contributed by atoms with Crippen molar-refractivity contribution in [1.82, 2.24) is 30.2 Å². The van der Waals surface area contributed by atoms with Gasteiger partial charge in [-0.25, -0.2) is 4.98 Å². The standard InChI is InChI=1S/C20H26N8O2/c1-13(2)23-17(29)15-12-22-20(30-15)27-19-25-16(14-8-6-5-7-9-14)24-18(26-19)21-10-11-28(3)4/h5-9,12-13H,10-11H2,1-4H3,(H,23,29)(H2,21,22,24,25,26,27). The van der Waals surface area contributed by atoms with Crippen LogP contribution in [-0.4, -0.2) is 64.0 Å². The largest absolute Gasteiger partial charge is 0.418 e. The molecule has 0 bridgehead atoms. The first-order valence-electron chi connectivity index (χ1n) is 9.64. The molecule has 0 radical (unpaired) electrons. The number of anilines is 3. The first-order valence-corrected chi connectivity index (χ1v) is 9.64. The van der Waals surface area contributed by atoms with Crippen molar-refractivity contribution in [1.29, 1.82) is 0 Å². The van der Waals surface area contributed by atoms with Gasteiger partial charge >= 0.3 is 6.01 Å². The third-order valence-corrected chi connectivity index (χ3v) is 3.88. The number of hydrogen-bond acceptors (Lipinski definition) is 9. The number of oxazole rings is 1. The van der Waals surface area contributed by atoms with Gasteiger partial charge in [0.15, 0.2) is 5.82 Å². The Kier molecular flexibility index (Phi) is 6.91. The molecule has 30 heavy (non-hydrogen) atoms. The van der Waals surface area contributed by atoms with E-state index in [4.69, 9.17) is 4.42 Å². The zero-order valence-corrected chi connectivity index (χ0v) is 17.5. The van der Waals surface area contributed by atoms with E-state index in [1.165, 1.54) is 6.20 Å². The van der Waals surface area contributed by atoms with Crippen molar-refractivity contribution < 1.29 is 9.21 Å². The summed E-state index contributed by atoms with van der Waals surface area (Å²) in [5, 5.41) is 8.86. The summed E-state index contributed by atoms with van der Waals surface area (Å²) >= 11 is 0. The number of carbonyl (C=O) groups excluding carboxylic acids is 1. The molecule has 10 nitrogen and oxygen atoms in total. The zero-order valence-electron chi connectivity index (χ0n) is 17.5. The van der Waals surface area contributed by atoms with Crippen LogP contribution in [0.5, 0.6) is 0 Å². The minimum absolute atomic E-state index is 0.00762. The lowest BCUT2D eigenvalue weighted by atomic mass is 10.2. The van der Waals surface area contributed by atoms with E-state index < -0.39 is 0 Å². The summed E-state index contributed by atoms with van der Waals surface area (Å²) in [6.07, 6.45) is 1.36. The SMILES string of the molecule is CC(C)NC(=O)c1cnc(Nc2nc(NCCN(C)C)nc(-c3ccccc3)n2)o1. The number of nitrogens with zero attached hydrogens (tertiary/aromatic N) is 5. The lowest BCUT2D eigenvalue weighted by Gasteiger charge is -2.12. The minimum Gasteiger partial charge on any atom is -0.418 e. The second-order valence-corrected chi connectivity index (χ2v) is 7.19. The summed E-state index contributed by atoms with van der Waals surface area (Å²) in [5.41, 5.74) is 0.850.